The zero-order valence-electron chi connectivity index (χ0n) is 10.4. The van der Waals surface area contributed by atoms with Crippen molar-refractivity contribution in [3.8, 4) is 0 Å². The quantitative estimate of drug-likeness (QED) is 0.923. The Morgan fingerprint density at radius 1 is 1.28 bits per heavy atom. The van der Waals surface area contributed by atoms with Gasteiger partial charge in [0, 0.05) is 10.9 Å². The van der Waals surface area contributed by atoms with E-state index in [1.54, 1.807) is 14.0 Å². The lowest BCUT2D eigenvalue weighted by Crippen LogP contribution is -2.21. The van der Waals surface area contributed by atoms with Gasteiger partial charge in [0.05, 0.1) is 16.7 Å². The molecule has 0 saturated heterocycles. The number of aryl methyl sites for hydroxylation is 2. The molecule has 1 atom stereocenters. The Hall–Kier alpha value is -1.33. The minimum atomic E-state index is -0.560. The van der Waals surface area contributed by atoms with Crippen LogP contribution in [0.15, 0.2) is 17.5 Å². The molecule has 1 heterocycles. The van der Waals surface area contributed by atoms with Gasteiger partial charge in [-0.2, -0.15) is 0 Å². The van der Waals surface area contributed by atoms with Crippen molar-refractivity contribution in [1.82, 2.24) is 10.3 Å². The monoisotopic (exact) mass is 268 g/mol. The molecule has 1 aromatic carbocycles. The molecule has 2 rings (SSSR count). The average molecular weight is 268 g/mol. The standard InChI is InChI=1S/C13H14F2N2S/c1-7-4-5-9(14)11(12(7)15)13(16-3)10-6-18-8(2)17-10/h4-6,13,16H,1-3H3. The van der Waals surface area contributed by atoms with Gasteiger partial charge in [-0.15, -0.1) is 11.3 Å². The van der Waals surface area contributed by atoms with E-state index in [1.807, 2.05) is 12.3 Å². The summed E-state index contributed by atoms with van der Waals surface area (Å²) in [7, 11) is 1.67. The number of hydrogen-bond donors (Lipinski definition) is 1. The van der Waals surface area contributed by atoms with Crippen LogP contribution in [0.3, 0.4) is 0 Å². The molecule has 0 spiro atoms. The van der Waals surface area contributed by atoms with Gasteiger partial charge >= 0.3 is 0 Å². The smallest absolute Gasteiger partial charge is 0.134 e. The highest BCUT2D eigenvalue weighted by atomic mass is 32.1. The van der Waals surface area contributed by atoms with E-state index in [0.29, 0.717) is 11.3 Å². The normalized spacial score (nSPS) is 12.7. The van der Waals surface area contributed by atoms with Crippen LogP contribution in [-0.2, 0) is 0 Å². The van der Waals surface area contributed by atoms with Gasteiger partial charge < -0.3 is 5.32 Å². The van der Waals surface area contributed by atoms with Gasteiger partial charge in [0.2, 0.25) is 0 Å². The van der Waals surface area contributed by atoms with Crippen LogP contribution >= 0.6 is 11.3 Å². The molecule has 0 aliphatic rings. The third-order valence-electron chi connectivity index (χ3n) is 2.83. The highest BCUT2D eigenvalue weighted by Crippen LogP contribution is 2.28. The van der Waals surface area contributed by atoms with Gasteiger partial charge in [-0.3, -0.25) is 0 Å². The van der Waals surface area contributed by atoms with Crippen LogP contribution in [0.1, 0.15) is 27.9 Å². The SMILES string of the molecule is CNC(c1csc(C)n1)c1c(F)ccc(C)c1F. The second-order valence-corrected chi connectivity index (χ2v) is 5.17. The van der Waals surface area contributed by atoms with E-state index in [2.05, 4.69) is 10.3 Å². The van der Waals surface area contributed by atoms with E-state index in [0.717, 1.165) is 5.01 Å². The van der Waals surface area contributed by atoms with Gasteiger partial charge in [0.1, 0.15) is 11.6 Å². The molecule has 0 aliphatic heterocycles. The fraction of sp³-hybridized carbons (Fsp3) is 0.308. The first-order valence-corrected chi connectivity index (χ1v) is 6.46. The Labute approximate surface area is 109 Å². The molecule has 1 unspecified atom stereocenters. The Kier molecular flexibility index (Phi) is 3.73. The van der Waals surface area contributed by atoms with Crippen LogP contribution in [0.5, 0.6) is 0 Å². The summed E-state index contributed by atoms with van der Waals surface area (Å²) in [4.78, 5) is 4.29. The molecule has 2 nitrogen and oxygen atoms in total. The largest absolute Gasteiger partial charge is 0.308 e. The molecule has 1 N–H and O–H groups in total. The molecule has 5 heteroatoms. The van der Waals surface area contributed by atoms with E-state index < -0.39 is 17.7 Å². The lowest BCUT2D eigenvalue weighted by atomic mass is 10.0. The van der Waals surface area contributed by atoms with Crippen LogP contribution in [0.25, 0.3) is 0 Å². The van der Waals surface area contributed by atoms with E-state index in [1.165, 1.54) is 23.5 Å². The van der Waals surface area contributed by atoms with Crippen LogP contribution < -0.4 is 5.32 Å². The second kappa shape index (κ2) is 5.12. The summed E-state index contributed by atoms with van der Waals surface area (Å²) < 4.78 is 27.9. The number of benzene rings is 1. The molecule has 0 bridgehead atoms. The molecule has 0 fully saturated rings. The van der Waals surface area contributed by atoms with Crippen LogP contribution in [0.4, 0.5) is 8.78 Å². The minimum Gasteiger partial charge on any atom is -0.308 e. The molecular weight excluding hydrogens is 254 g/mol. The third-order valence-corrected chi connectivity index (χ3v) is 3.62. The maximum atomic E-state index is 14.1. The van der Waals surface area contributed by atoms with Crippen LogP contribution in [-0.4, -0.2) is 12.0 Å². The number of hydrogen-bond acceptors (Lipinski definition) is 3. The molecule has 2 aromatic rings. The molecule has 1 aromatic heterocycles. The van der Waals surface area contributed by atoms with Gasteiger partial charge in [0.15, 0.2) is 0 Å². The van der Waals surface area contributed by atoms with Crippen molar-refractivity contribution < 1.29 is 8.78 Å². The summed E-state index contributed by atoms with van der Waals surface area (Å²) in [5.41, 5.74) is 1.10. The van der Waals surface area contributed by atoms with E-state index in [-0.39, 0.29) is 5.56 Å². The van der Waals surface area contributed by atoms with Crippen molar-refractivity contribution in [2.45, 2.75) is 19.9 Å². The van der Waals surface area contributed by atoms with Crippen molar-refractivity contribution in [2.75, 3.05) is 7.05 Å². The predicted molar refractivity (Wildman–Crippen MR) is 68.8 cm³/mol. The van der Waals surface area contributed by atoms with Crippen molar-refractivity contribution in [3.05, 3.63) is 51.0 Å². The summed E-state index contributed by atoms with van der Waals surface area (Å²) in [6.45, 7) is 3.49. The molecule has 0 radical (unpaired) electrons. The van der Waals surface area contributed by atoms with Gasteiger partial charge in [-0.25, -0.2) is 13.8 Å². The first kappa shape index (κ1) is 13.1. The maximum Gasteiger partial charge on any atom is 0.134 e. The van der Waals surface area contributed by atoms with E-state index in [4.69, 9.17) is 0 Å². The Bertz CT molecular complexity index is 566. The summed E-state index contributed by atoms with van der Waals surface area (Å²) in [5.74, 6) is -1.07. The first-order chi connectivity index (χ1) is 8.54. The number of rotatable bonds is 3. The van der Waals surface area contributed by atoms with Crippen LogP contribution in [0.2, 0.25) is 0 Å². The lowest BCUT2D eigenvalue weighted by molar-refractivity contribution is 0.514. The highest BCUT2D eigenvalue weighted by molar-refractivity contribution is 7.09. The number of aromatic nitrogens is 1. The number of nitrogens with one attached hydrogen (secondary N) is 1. The Morgan fingerprint density at radius 3 is 2.56 bits per heavy atom. The average Bonchev–Trinajstić information content (AvgIpc) is 2.76. The number of thiazole rings is 1. The highest BCUT2D eigenvalue weighted by Gasteiger charge is 2.23. The molecule has 0 saturated carbocycles. The zero-order valence-corrected chi connectivity index (χ0v) is 11.2. The molecule has 0 aliphatic carbocycles. The van der Waals surface area contributed by atoms with Crippen molar-refractivity contribution in [3.63, 3.8) is 0 Å². The fourth-order valence-corrected chi connectivity index (χ4v) is 2.53. The van der Waals surface area contributed by atoms with E-state index in [9.17, 15) is 8.78 Å². The number of nitrogens with zero attached hydrogens (tertiary/aromatic N) is 1. The van der Waals surface area contributed by atoms with Crippen molar-refractivity contribution >= 4 is 11.3 Å². The Morgan fingerprint density at radius 2 is 2.00 bits per heavy atom. The lowest BCUT2D eigenvalue weighted by Gasteiger charge is -2.17. The Balaban J connectivity index is 2.55. The zero-order chi connectivity index (χ0) is 13.3. The van der Waals surface area contributed by atoms with Gasteiger partial charge in [0.25, 0.3) is 0 Å². The predicted octanol–water partition coefficient (Wildman–Crippen LogP) is 3.35. The maximum absolute atomic E-state index is 14.1. The van der Waals surface area contributed by atoms with Crippen molar-refractivity contribution in [2.24, 2.45) is 0 Å². The molecule has 0 amide bonds. The second-order valence-electron chi connectivity index (χ2n) is 4.11. The topological polar surface area (TPSA) is 24.9 Å². The van der Waals surface area contributed by atoms with Gasteiger partial charge in [-0.05, 0) is 32.5 Å². The summed E-state index contributed by atoms with van der Waals surface area (Å²) in [6, 6.07) is 2.17. The van der Waals surface area contributed by atoms with Crippen molar-refractivity contribution in [1.29, 1.82) is 0 Å². The first-order valence-electron chi connectivity index (χ1n) is 5.58. The third kappa shape index (κ3) is 2.28. The molecule has 18 heavy (non-hydrogen) atoms. The molecular formula is C13H14F2N2S. The van der Waals surface area contributed by atoms with E-state index >= 15 is 0 Å². The van der Waals surface area contributed by atoms with Crippen LogP contribution in [0, 0.1) is 25.5 Å². The molecule has 96 valence electrons. The van der Waals surface area contributed by atoms with Gasteiger partial charge in [-0.1, -0.05) is 6.07 Å². The summed E-state index contributed by atoms with van der Waals surface area (Å²) in [6.07, 6.45) is 0. The minimum absolute atomic E-state index is 0.0304. The summed E-state index contributed by atoms with van der Waals surface area (Å²) >= 11 is 1.46. The summed E-state index contributed by atoms with van der Waals surface area (Å²) in [5, 5.41) is 5.61. The number of halogens is 2. The fourth-order valence-electron chi connectivity index (χ4n) is 1.90.